The monoisotopic (exact) mass is 294 g/mol. The zero-order valence-corrected chi connectivity index (χ0v) is 13.3. The van der Waals surface area contributed by atoms with Crippen LogP contribution in [0.5, 0.6) is 0 Å². The Morgan fingerprint density at radius 3 is 2.57 bits per heavy atom. The van der Waals surface area contributed by atoms with Gasteiger partial charge in [0.05, 0.1) is 19.3 Å². The first-order valence-electron chi connectivity index (χ1n) is 7.32. The number of carbonyl (C=O) groups is 1. The molecular weight excluding hydrogens is 268 g/mol. The molecule has 0 aromatic heterocycles. The van der Waals surface area contributed by atoms with E-state index in [0.717, 1.165) is 18.5 Å². The number of anilines is 1. The minimum Gasteiger partial charge on any atom is -0.389 e. The topological polar surface area (TPSA) is 61.8 Å². The van der Waals surface area contributed by atoms with Crippen molar-refractivity contribution >= 4 is 11.7 Å². The van der Waals surface area contributed by atoms with E-state index >= 15 is 0 Å². The van der Waals surface area contributed by atoms with E-state index in [2.05, 4.69) is 19.2 Å². The molecule has 5 heteroatoms. The largest absolute Gasteiger partial charge is 0.389 e. The van der Waals surface area contributed by atoms with E-state index in [-0.39, 0.29) is 19.2 Å². The van der Waals surface area contributed by atoms with Crippen LogP contribution in [0.2, 0.25) is 0 Å². The molecule has 1 atom stereocenters. The quantitative estimate of drug-likeness (QED) is 0.811. The molecule has 118 valence electrons. The number of hydrogen-bond donors (Lipinski definition) is 2. The van der Waals surface area contributed by atoms with Gasteiger partial charge < -0.3 is 20.1 Å². The number of amides is 2. The normalized spacial score (nSPS) is 12.0. The summed E-state index contributed by atoms with van der Waals surface area (Å²) in [4.78, 5) is 13.5. The molecule has 2 N–H and O–H groups in total. The van der Waals surface area contributed by atoms with Crippen molar-refractivity contribution in [1.82, 2.24) is 4.90 Å². The first-order chi connectivity index (χ1) is 10.0. The van der Waals surface area contributed by atoms with E-state index in [1.807, 2.05) is 18.2 Å². The summed E-state index contributed by atoms with van der Waals surface area (Å²) in [5.41, 5.74) is 3.33. The molecule has 0 saturated heterocycles. The van der Waals surface area contributed by atoms with Crippen LogP contribution in [0.3, 0.4) is 0 Å². The van der Waals surface area contributed by atoms with Crippen LogP contribution < -0.4 is 5.32 Å². The lowest BCUT2D eigenvalue weighted by molar-refractivity contribution is 0.0501. The molecule has 0 aliphatic heterocycles. The van der Waals surface area contributed by atoms with Crippen LogP contribution >= 0.6 is 0 Å². The van der Waals surface area contributed by atoms with Crippen molar-refractivity contribution in [3.05, 3.63) is 29.3 Å². The molecule has 2 amide bonds. The summed E-state index contributed by atoms with van der Waals surface area (Å²) in [5, 5.41) is 12.5. The van der Waals surface area contributed by atoms with E-state index in [0.29, 0.717) is 0 Å². The van der Waals surface area contributed by atoms with Crippen molar-refractivity contribution in [3.63, 3.8) is 0 Å². The molecule has 5 nitrogen and oxygen atoms in total. The summed E-state index contributed by atoms with van der Waals surface area (Å²) in [7, 11) is 3.17. The highest BCUT2D eigenvalue weighted by Gasteiger charge is 2.14. The van der Waals surface area contributed by atoms with Gasteiger partial charge in [0.25, 0.3) is 0 Å². The van der Waals surface area contributed by atoms with E-state index in [9.17, 15) is 9.90 Å². The second-order valence-corrected chi connectivity index (χ2v) is 5.11. The molecule has 1 aromatic carbocycles. The van der Waals surface area contributed by atoms with Crippen molar-refractivity contribution in [3.8, 4) is 0 Å². The Hall–Kier alpha value is -1.59. The summed E-state index contributed by atoms with van der Waals surface area (Å²) >= 11 is 0. The fraction of sp³-hybridized carbons (Fsp3) is 0.562. The number of aliphatic hydroxyl groups is 1. The fourth-order valence-corrected chi connectivity index (χ4v) is 2.24. The van der Waals surface area contributed by atoms with E-state index in [4.69, 9.17) is 4.74 Å². The van der Waals surface area contributed by atoms with Gasteiger partial charge in [0, 0.05) is 19.8 Å². The summed E-state index contributed by atoms with van der Waals surface area (Å²) in [6.07, 6.45) is 1.25. The number of aryl methyl sites for hydroxylation is 2. The SMILES string of the molecule is CCc1ccc(NC(=O)N(C)CC(O)COC)cc1CC. The molecule has 0 bridgehead atoms. The molecule has 1 aromatic rings. The molecule has 0 saturated carbocycles. The van der Waals surface area contributed by atoms with Gasteiger partial charge in [-0.25, -0.2) is 4.79 Å². The second kappa shape index (κ2) is 8.64. The average molecular weight is 294 g/mol. The van der Waals surface area contributed by atoms with Crippen molar-refractivity contribution in [2.45, 2.75) is 32.8 Å². The molecular formula is C16H26N2O3. The van der Waals surface area contributed by atoms with Crippen molar-refractivity contribution in [2.24, 2.45) is 0 Å². The number of nitrogens with one attached hydrogen (secondary N) is 1. The average Bonchev–Trinajstić information content (AvgIpc) is 2.47. The van der Waals surface area contributed by atoms with Gasteiger partial charge in [0.1, 0.15) is 0 Å². The van der Waals surface area contributed by atoms with Crippen LogP contribution in [0.4, 0.5) is 10.5 Å². The number of methoxy groups -OCH3 is 1. The van der Waals surface area contributed by atoms with Gasteiger partial charge in [-0.3, -0.25) is 0 Å². The number of hydrogen-bond acceptors (Lipinski definition) is 3. The Bertz CT molecular complexity index is 463. The lowest BCUT2D eigenvalue weighted by Crippen LogP contribution is -2.38. The molecule has 0 fully saturated rings. The van der Waals surface area contributed by atoms with Gasteiger partial charge >= 0.3 is 6.03 Å². The van der Waals surface area contributed by atoms with Crippen LogP contribution in [-0.4, -0.2) is 49.5 Å². The maximum Gasteiger partial charge on any atom is 0.321 e. The van der Waals surface area contributed by atoms with Gasteiger partial charge in [0.15, 0.2) is 0 Å². The standard InChI is InChI=1S/C16H26N2O3/c1-5-12-7-8-14(9-13(12)6-2)17-16(20)18(3)10-15(19)11-21-4/h7-9,15,19H,5-6,10-11H2,1-4H3,(H,17,20). The van der Waals surface area contributed by atoms with Crippen molar-refractivity contribution < 1.29 is 14.6 Å². The number of carbonyl (C=O) groups excluding carboxylic acids is 1. The van der Waals surface area contributed by atoms with E-state index in [1.165, 1.54) is 23.1 Å². The lowest BCUT2D eigenvalue weighted by Gasteiger charge is -2.21. The number of urea groups is 1. The lowest BCUT2D eigenvalue weighted by atomic mass is 10.0. The summed E-state index contributed by atoms with van der Waals surface area (Å²) in [5.74, 6) is 0. The summed E-state index contributed by atoms with van der Waals surface area (Å²) in [6, 6.07) is 5.73. The predicted octanol–water partition coefficient (Wildman–Crippen LogP) is 2.28. The second-order valence-electron chi connectivity index (χ2n) is 5.11. The molecule has 0 heterocycles. The maximum absolute atomic E-state index is 12.1. The smallest absolute Gasteiger partial charge is 0.321 e. The summed E-state index contributed by atoms with van der Waals surface area (Å²) in [6.45, 7) is 4.67. The van der Waals surface area contributed by atoms with Crippen LogP contribution in [0.15, 0.2) is 18.2 Å². The minimum absolute atomic E-state index is 0.211. The zero-order chi connectivity index (χ0) is 15.8. The van der Waals surface area contributed by atoms with Crippen LogP contribution in [0.25, 0.3) is 0 Å². The van der Waals surface area contributed by atoms with Gasteiger partial charge in [-0.1, -0.05) is 19.9 Å². The number of nitrogens with zero attached hydrogens (tertiary/aromatic N) is 1. The number of aliphatic hydroxyl groups excluding tert-OH is 1. The molecule has 21 heavy (non-hydrogen) atoms. The predicted molar refractivity (Wildman–Crippen MR) is 84.7 cm³/mol. The summed E-state index contributed by atoms with van der Waals surface area (Å²) < 4.78 is 4.85. The van der Waals surface area contributed by atoms with Gasteiger partial charge in [0.2, 0.25) is 0 Å². The van der Waals surface area contributed by atoms with Crippen molar-refractivity contribution in [1.29, 1.82) is 0 Å². The zero-order valence-electron chi connectivity index (χ0n) is 13.3. The highest BCUT2D eigenvalue weighted by molar-refractivity contribution is 5.89. The Morgan fingerprint density at radius 1 is 1.33 bits per heavy atom. The maximum atomic E-state index is 12.1. The fourth-order valence-electron chi connectivity index (χ4n) is 2.24. The molecule has 0 radical (unpaired) electrons. The third kappa shape index (κ3) is 5.36. The van der Waals surface area contributed by atoms with Gasteiger partial charge in [-0.05, 0) is 36.1 Å². The van der Waals surface area contributed by atoms with Gasteiger partial charge in [-0.15, -0.1) is 0 Å². The number of likely N-dealkylation sites (N-methyl/N-ethyl adjacent to an activating group) is 1. The molecule has 0 aliphatic carbocycles. The highest BCUT2D eigenvalue weighted by atomic mass is 16.5. The Labute approximate surface area is 126 Å². The number of benzene rings is 1. The third-order valence-electron chi connectivity index (χ3n) is 3.41. The first-order valence-corrected chi connectivity index (χ1v) is 7.32. The Morgan fingerprint density at radius 2 is 2.00 bits per heavy atom. The highest BCUT2D eigenvalue weighted by Crippen LogP contribution is 2.17. The third-order valence-corrected chi connectivity index (χ3v) is 3.41. The van der Waals surface area contributed by atoms with Crippen LogP contribution in [0.1, 0.15) is 25.0 Å². The molecule has 1 rings (SSSR count). The molecule has 1 unspecified atom stereocenters. The van der Waals surface area contributed by atoms with Crippen molar-refractivity contribution in [2.75, 3.05) is 32.6 Å². The van der Waals surface area contributed by atoms with Crippen LogP contribution in [0, 0.1) is 0 Å². The molecule has 0 spiro atoms. The Balaban J connectivity index is 2.65. The van der Waals surface area contributed by atoms with Gasteiger partial charge in [-0.2, -0.15) is 0 Å². The van der Waals surface area contributed by atoms with Crippen LogP contribution in [-0.2, 0) is 17.6 Å². The van der Waals surface area contributed by atoms with E-state index in [1.54, 1.807) is 7.05 Å². The Kier molecular flexibility index (Phi) is 7.19. The van der Waals surface area contributed by atoms with E-state index < -0.39 is 6.10 Å². The molecule has 0 aliphatic rings. The first kappa shape index (κ1) is 17.5. The number of rotatable bonds is 7. The minimum atomic E-state index is -0.681. The number of ether oxygens (including phenoxy) is 1.